The maximum atomic E-state index is 13.3. The normalized spacial score (nSPS) is 19.1. The van der Waals surface area contributed by atoms with Crippen LogP contribution < -0.4 is 10.1 Å². The minimum atomic E-state index is -0.857. The van der Waals surface area contributed by atoms with Gasteiger partial charge in [-0.1, -0.05) is 47.6 Å². The molecule has 1 N–H and O–H groups in total. The van der Waals surface area contributed by atoms with E-state index in [0.29, 0.717) is 31.3 Å². The van der Waals surface area contributed by atoms with E-state index in [9.17, 15) is 4.39 Å². The minimum Gasteiger partial charge on any atom is -0.489 e. The van der Waals surface area contributed by atoms with Crippen LogP contribution in [0.25, 0.3) is 11.4 Å². The molecule has 136 valence electrons. The van der Waals surface area contributed by atoms with E-state index in [2.05, 4.69) is 15.5 Å². The molecule has 1 fully saturated rings. The Balaban J connectivity index is 0.00000196. The first-order chi connectivity index (χ1) is 12.3. The molecule has 0 radical (unpaired) electrons. The maximum Gasteiger partial charge on any atom is 0.244 e. The molecule has 1 saturated heterocycles. The number of halogens is 2. The highest BCUT2D eigenvalue weighted by Crippen LogP contribution is 2.26. The standard InChI is InChI=1S/C19H18FN3O2.ClH/c20-15-10-17(21-11-15)19-22-18(23-25-19)14-8-6-13(7-9-14)12-24-16-4-2-1-3-5-16;/h1-9,15,17,21H,10-12H2;1H/t15-,17+;/m0./s1. The van der Waals surface area contributed by atoms with E-state index in [1.807, 2.05) is 54.6 Å². The lowest BCUT2D eigenvalue weighted by Gasteiger charge is -2.06. The van der Waals surface area contributed by atoms with Crippen LogP contribution in [-0.4, -0.2) is 22.9 Å². The van der Waals surface area contributed by atoms with Gasteiger partial charge in [-0.3, -0.25) is 0 Å². The number of hydrogen-bond acceptors (Lipinski definition) is 5. The van der Waals surface area contributed by atoms with Crippen LogP contribution in [0.3, 0.4) is 0 Å². The van der Waals surface area contributed by atoms with E-state index in [-0.39, 0.29) is 18.4 Å². The summed E-state index contributed by atoms with van der Waals surface area (Å²) < 4.78 is 24.3. The Morgan fingerprint density at radius 3 is 2.58 bits per heavy atom. The van der Waals surface area contributed by atoms with Crippen molar-refractivity contribution in [1.82, 2.24) is 15.5 Å². The predicted molar refractivity (Wildman–Crippen MR) is 98.0 cm³/mol. The van der Waals surface area contributed by atoms with E-state index in [1.165, 1.54) is 0 Å². The second-order valence-corrected chi connectivity index (χ2v) is 6.05. The molecule has 2 heterocycles. The van der Waals surface area contributed by atoms with Crippen LogP contribution in [0.2, 0.25) is 0 Å². The lowest BCUT2D eigenvalue weighted by Crippen LogP contribution is -2.14. The van der Waals surface area contributed by atoms with Crippen LogP contribution in [0.1, 0.15) is 23.9 Å². The third kappa shape index (κ3) is 4.20. The van der Waals surface area contributed by atoms with Crippen molar-refractivity contribution in [2.24, 2.45) is 0 Å². The van der Waals surface area contributed by atoms with Gasteiger partial charge in [-0.2, -0.15) is 4.98 Å². The molecular formula is C19H19ClFN3O2. The monoisotopic (exact) mass is 375 g/mol. The summed E-state index contributed by atoms with van der Waals surface area (Å²) in [4.78, 5) is 4.38. The third-order valence-electron chi connectivity index (χ3n) is 4.18. The molecule has 1 aliphatic rings. The first-order valence-electron chi connectivity index (χ1n) is 8.26. The van der Waals surface area contributed by atoms with Crippen molar-refractivity contribution < 1.29 is 13.7 Å². The maximum absolute atomic E-state index is 13.3. The van der Waals surface area contributed by atoms with Crippen molar-refractivity contribution in [2.75, 3.05) is 6.54 Å². The van der Waals surface area contributed by atoms with E-state index in [4.69, 9.17) is 9.26 Å². The van der Waals surface area contributed by atoms with Crippen molar-refractivity contribution in [3.05, 3.63) is 66.1 Å². The number of rotatable bonds is 5. The Morgan fingerprint density at radius 1 is 1.12 bits per heavy atom. The largest absolute Gasteiger partial charge is 0.489 e. The van der Waals surface area contributed by atoms with Gasteiger partial charge in [0.15, 0.2) is 0 Å². The molecule has 0 amide bonds. The van der Waals surface area contributed by atoms with Gasteiger partial charge in [0.05, 0.1) is 6.04 Å². The molecule has 0 unspecified atom stereocenters. The first kappa shape index (κ1) is 18.4. The van der Waals surface area contributed by atoms with Gasteiger partial charge in [-0.15, -0.1) is 12.4 Å². The number of nitrogens with zero attached hydrogens (tertiary/aromatic N) is 2. The highest BCUT2D eigenvalue weighted by Gasteiger charge is 2.29. The van der Waals surface area contributed by atoms with Crippen molar-refractivity contribution in [3.63, 3.8) is 0 Å². The molecule has 2 atom stereocenters. The second kappa shape index (κ2) is 8.29. The minimum absolute atomic E-state index is 0. The third-order valence-corrected chi connectivity index (χ3v) is 4.18. The van der Waals surface area contributed by atoms with E-state index in [1.54, 1.807) is 0 Å². The van der Waals surface area contributed by atoms with Crippen LogP contribution in [0.15, 0.2) is 59.1 Å². The van der Waals surface area contributed by atoms with Gasteiger partial charge in [-0.25, -0.2) is 4.39 Å². The van der Waals surface area contributed by atoms with Crippen LogP contribution in [0.5, 0.6) is 5.75 Å². The summed E-state index contributed by atoms with van der Waals surface area (Å²) in [6.07, 6.45) is -0.485. The summed E-state index contributed by atoms with van der Waals surface area (Å²) >= 11 is 0. The summed E-state index contributed by atoms with van der Waals surface area (Å²) in [5, 5.41) is 7.04. The molecule has 1 aliphatic heterocycles. The number of hydrogen-bond donors (Lipinski definition) is 1. The Hall–Kier alpha value is -2.44. The molecular weight excluding hydrogens is 357 g/mol. The molecule has 5 nitrogen and oxygen atoms in total. The van der Waals surface area contributed by atoms with Crippen molar-refractivity contribution in [1.29, 1.82) is 0 Å². The smallest absolute Gasteiger partial charge is 0.244 e. The fourth-order valence-electron chi connectivity index (χ4n) is 2.81. The van der Waals surface area contributed by atoms with Gasteiger partial charge in [0.25, 0.3) is 0 Å². The zero-order valence-corrected chi connectivity index (χ0v) is 14.8. The van der Waals surface area contributed by atoms with Gasteiger partial charge >= 0.3 is 0 Å². The summed E-state index contributed by atoms with van der Waals surface area (Å²) in [5.74, 6) is 1.78. The molecule has 7 heteroatoms. The fourth-order valence-corrected chi connectivity index (χ4v) is 2.81. The van der Waals surface area contributed by atoms with Crippen molar-refractivity contribution in [3.8, 4) is 17.1 Å². The lowest BCUT2D eigenvalue weighted by atomic mass is 10.1. The Kier molecular flexibility index (Phi) is 5.85. The number of para-hydroxylation sites is 1. The number of ether oxygens (including phenoxy) is 1. The van der Waals surface area contributed by atoms with E-state index < -0.39 is 6.17 Å². The number of alkyl halides is 1. The quantitative estimate of drug-likeness (QED) is 0.727. The molecule has 0 aliphatic carbocycles. The highest BCUT2D eigenvalue weighted by atomic mass is 35.5. The molecule has 0 bridgehead atoms. The van der Waals surface area contributed by atoms with Crippen molar-refractivity contribution in [2.45, 2.75) is 25.2 Å². The van der Waals surface area contributed by atoms with Crippen LogP contribution in [0.4, 0.5) is 4.39 Å². The first-order valence-corrected chi connectivity index (χ1v) is 8.26. The van der Waals surface area contributed by atoms with Gasteiger partial charge in [-0.05, 0) is 17.7 Å². The summed E-state index contributed by atoms with van der Waals surface area (Å²) in [6.45, 7) is 0.824. The average molecular weight is 376 g/mol. The number of nitrogens with one attached hydrogen (secondary N) is 1. The number of aromatic nitrogens is 2. The van der Waals surface area contributed by atoms with Crippen LogP contribution in [0, 0.1) is 0 Å². The van der Waals surface area contributed by atoms with E-state index >= 15 is 0 Å². The molecule has 0 spiro atoms. The van der Waals surface area contributed by atoms with Crippen molar-refractivity contribution >= 4 is 12.4 Å². The van der Waals surface area contributed by atoms with Gasteiger partial charge < -0.3 is 14.6 Å². The van der Waals surface area contributed by atoms with Crippen LogP contribution >= 0.6 is 12.4 Å². The predicted octanol–water partition coefficient (Wildman–Crippen LogP) is 4.11. The van der Waals surface area contributed by atoms with Gasteiger partial charge in [0.1, 0.15) is 18.5 Å². The van der Waals surface area contributed by atoms with Gasteiger partial charge in [0.2, 0.25) is 11.7 Å². The fraction of sp³-hybridized carbons (Fsp3) is 0.263. The molecule has 26 heavy (non-hydrogen) atoms. The lowest BCUT2D eigenvalue weighted by molar-refractivity contribution is 0.306. The summed E-state index contributed by atoms with van der Waals surface area (Å²) in [6, 6.07) is 17.3. The Morgan fingerprint density at radius 2 is 1.88 bits per heavy atom. The van der Waals surface area contributed by atoms with Crippen LogP contribution in [-0.2, 0) is 6.61 Å². The highest BCUT2D eigenvalue weighted by molar-refractivity contribution is 5.85. The molecule has 2 aromatic carbocycles. The molecule has 4 rings (SSSR count). The Bertz CT molecular complexity index is 826. The molecule has 0 saturated carbocycles. The zero-order chi connectivity index (χ0) is 17.1. The topological polar surface area (TPSA) is 60.2 Å². The Labute approximate surface area is 157 Å². The average Bonchev–Trinajstić information content (AvgIpc) is 3.30. The second-order valence-electron chi connectivity index (χ2n) is 6.05. The molecule has 1 aromatic heterocycles. The van der Waals surface area contributed by atoms with Gasteiger partial charge in [0, 0.05) is 18.5 Å². The summed E-state index contributed by atoms with van der Waals surface area (Å²) in [5.41, 5.74) is 1.90. The van der Waals surface area contributed by atoms with E-state index in [0.717, 1.165) is 16.9 Å². The zero-order valence-electron chi connectivity index (χ0n) is 14.0. The SMILES string of the molecule is Cl.F[C@@H]1CN[C@@H](c2nc(-c3ccc(COc4ccccc4)cc3)no2)C1. The summed E-state index contributed by atoms with van der Waals surface area (Å²) in [7, 11) is 0. The number of benzene rings is 2. The molecule has 3 aromatic rings.